The summed E-state index contributed by atoms with van der Waals surface area (Å²) in [5, 5.41) is 0. The Morgan fingerprint density at radius 1 is 1.42 bits per heavy atom. The van der Waals surface area contributed by atoms with Crippen LogP contribution >= 0.6 is 15.9 Å². The van der Waals surface area contributed by atoms with Gasteiger partial charge in [-0.25, -0.2) is 8.42 Å². The van der Waals surface area contributed by atoms with Crippen molar-refractivity contribution in [1.29, 1.82) is 0 Å². The van der Waals surface area contributed by atoms with Crippen LogP contribution in [0.4, 0.5) is 0 Å². The van der Waals surface area contributed by atoms with E-state index in [0.717, 1.165) is 12.0 Å². The summed E-state index contributed by atoms with van der Waals surface area (Å²) >= 11 is 3.34. The highest BCUT2D eigenvalue weighted by atomic mass is 79.9. The molecule has 0 saturated carbocycles. The topological polar surface area (TPSA) is 63.4 Å². The Balaban J connectivity index is 2.35. The molecule has 0 unspecified atom stereocenters. The maximum Gasteiger partial charge on any atom is 0.244 e. The van der Waals surface area contributed by atoms with E-state index in [4.69, 9.17) is 5.73 Å². The van der Waals surface area contributed by atoms with Crippen LogP contribution in [0.1, 0.15) is 25.8 Å². The van der Waals surface area contributed by atoms with Crippen molar-refractivity contribution in [2.24, 2.45) is 11.1 Å². The van der Waals surface area contributed by atoms with Gasteiger partial charge in [-0.15, -0.1) is 0 Å². The van der Waals surface area contributed by atoms with E-state index in [9.17, 15) is 8.42 Å². The standard InChI is InChI=1S/C13H19BrN2O2S/c1-13(2)5-6-16(9-13)19(17,18)12-4-3-10(8-15)7-11(12)14/h3-4,7H,5-6,8-9,15H2,1-2H3. The van der Waals surface area contributed by atoms with Crippen molar-refractivity contribution in [3.8, 4) is 0 Å². The molecule has 2 rings (SSSR count). The van der Waals surface area contributed by atoms with Crippen molar-refractivity contribution in [3.63, 3.8) is 0 Å². The number of halogens is 1. The van der Waals surface area contributed by atoms with Gasteiger partial charge in [0.1, 0.15) is 0 Å². The molecule has 6 heteroatoms. The van der Waals surface area contributed by atoms with Gasteiger partial charge in [-0.1, -0.05) is 19.9 Å². The molecule has 0 atom stereocenters. The van der Waals surface area contributed by atoms with E-state index < -0.39 is 10.0 Å². The predicted octanol–water partition coefficient (Wildman–Crippen LogP) is 2.33. The molecule has 1 aliphatic heterocycles. The molecule has 0 aromatic heterocycles. The number of rotatable bonds is 3. The summed E-state index contributed by atoms with van der Waals surface area (Å²) in [6.07, 6.45) is 0.894. The molecule has 1 aromatic carbocycles. The van der Waals surface area contributed by atoms with Crippen LogP contribution in [-0.4, -0.2) is 25.8 Å². The maximum atomic E-state index is 12.6. The van der Waals surface area contributed by atoms with Crippen LogP contribution in [0.5, 0.6) is 0 Å². The molecule has 0 amide bonds. The van der Waals surface area contributed by atoms with Crippen LogP contribution < -0.4 is 5.73 Å². The Hall–Kier alpha value is -0.430. The SMILES string of the molecule is CC1(C)CCN(S(=O)(=O)c2ccc(CN)cc2Br)C1. The summed E-state index contributed by atoms with van der Waals surface area (Å²) in [7, 11) is -3.42. The van der Waals surface area contributed by atoms with Crippen molar-refractivity contribution in [2.75, 3.05) is 13.1 Å². The molecule has 0 bridgehead atoms. The third-order valence-electron chi connectivity index (χ3n) is 3.49. The molecule has 4 nitrogen and oxygen atoms in total. The lowest BCUT2D eigenvalue weighted by atomic mass is 9.93. The summed E-state index contributed by atoms with van der Waals surface area (Å²) in [5.74, 6) is 0. The zero-order valence-electron chi connectivity index (χ0n) is 11.2. The monoisotopic (exact) mass is 346 g/mol. The fourth-order valence-electron chi connectivity index (χ4n) is 2.29. The molecule has 0 spiro atoms. The Labute approximate surface area is 123 Å². The van der Waals surface area contributed by atoms with E-state index in [0.29, 0.717) is 29.0 Å². The molecule has 1 fully saturated rings. The first-order chi connectivity index (χ1) is 8.76. The lowest BCUT2D eigenvalue weighted by Crippen LogP contribution is -2.30. The molecule has 106 valence electrons. The average Bonchev–Trinajstić information content (AvgIpc) is 2.69. The number of hydrogen-bond acceptors (Lipinski definition) is 3. The molecule has 19 heavy (non-hydrogen) atoms. The lowest BCUT2D eigenvalue weighted by Gasteiger charge is -2.20. The molecular weight excluding hydrogens is 328 g/mol. The fraction of sp³-hybridized carbons (Fsp3) is 0.538. The van der Waals surface area contributed by atoms with Crippen LogP contribution in [-0.2, 0) is 16.6 Å². The number of nitrogens with zero attached hydrogens (tertiary/aromatic N) is 1. The van der Waals surface area contributed by atoms with Gasteiger partial charge >= 0.3 is 0 Å². The van der Waals surface area contributed by atoms with Gasteiger partial charge in [0.25, 0.3) is 0 Å². The van der Waals surface area contributed by atoms with Crippen LogP contribution in [0, 0.1) is 5.41 Å². The molecule has 1 aromatic rings. The Kier molecular flexibility index (Phi) is 4.07. The fourth-order valence-corrected chi connectivity index (χ4v) is 5.00. The molecule has 0 radical (unpaired) electrons. The van der Waals surface area contributed by atoms with E-state index in [1.54, 1.807) is 22.5 Å². The van der Waals surface area contributed by atoms with Crippen molar-refractivity contribution in [2.45, 2.75) is 31.7 Å². The first kappa shape index (κ1) is 15.0. The summed E-state index contributed by atoms with van der Waals surface area (Å²) in [4.78, 5) is 0.322. The molecule has 1 aliphatic rings. The first-order valence-electron chi connectivity index (χ1n) is 6.25. The van der Waals surface area contributed by atoms with Crippen molar-refractivity contribution in [1.82, 2.24) is 4.31 Å². The average molecular weight is 347 g/mol. The van der Waals surface area contributed by atoms with Gasteiger partial charge in [0.15, 0.2) is 0 Å². The molecule has 1 heterocycles. The molecule has 1 saturated heterocycles. The molecular formula is C13H19BrN2O2S. The number of nitrogens with two attached hydrogens (primary N) is 1. The Morgan fingerprint density at radius 2 is 2.11 bits per heavy atom. The highest BCUT2D eigenvalue weighted by molar-refractivity contribution is 9.10. The molecule has 0 aliphatic carbocycles. The van der Waals surface area contributed by atoms with E-state index in [1.807, 2.05) is 0 Å². The Bertz CT molecular complexity index is 584. The Morgan fingerprint density at radius 3 is 2.58 bits per heavy atom. The smallest absolute Gasteiger partial charge is 0.244 e. The summed E-state index contributed by atoms with van der Waals surface area (Å²) in [6.45, 7) is 5.74. The van der Waals surface area contributed by atoms with Gasteiger partial charge in [-0.05, 0) is 45.5 Å². The summed E-state index contributed by atoms with van der Waals surface area (Å²) < 4.78 is 27.4. The van der Waals surface area contributed by atoms with Gasteiger partial charge < -0.3 is 5.73 Å². The second-order valence-electron chi connectivity index (χ2n) is 5.72. The third-order valence-corrected chi connectivity index (χ3v) is 6.31. The van der Waals surface area contributed by atoms with Gasteiger partial charge in [0.05, 0.1) is 4.90 Å². The van der Waals surface area contributed by atoms with E-state index >= 15 is 0 Å². The second-order valence-corrected chi connectivity index (χ2v) is 8.48. The minimum atomic E-state index is -3.42. The van der Waals surface area contributed by atoms with Crippen LogP contribution in [0.15, 0.2) is 27.6 Å². The van der Waals surface area contributed by atoms with Gasteiger partial charge in [-0.2, -0.15) is 4.31 Å². The number of sulfonamides is 1. The number of hydrogen-bond donors (Lipinski definition) is 1. The maximum absolute atomic E-state index is 12.6. The van der Waals surface area contributed by atoms with Crippen LogP contribution in [0.2, 0.25) is 0 Å². The van der Waals surface area contributed by atoms with E-state index in [-0.39, 0.29) is 5.41 Å². The van der Waals surface area contributed by atoms with Crippen molar-refractivity contribution < 1.29 is 8.42 Å². The van der Waals surface area contributed by atoms with Gasteiger partial charge in [-0.3, -0.25) is 0 Å². The minimum absolute atomic E-state index is 0.0523. The third kappa shape index (κ3) is 3.02. The van der Waals surface area contributed by atoms with E-state index in [2.05, 4.69) is 29.8 Å². The quantitative estimate of drug-likeness (QED) is 0.913. The normalized spacial score (nSPS) is 19.8. The first-order valence-corrected chi connectivity index (χ1v) is 8.48. The minimum Gasteiger partial charge on any atom is -0.326 e. The highest BCUT2D eigenvalue weighted by Gasteiger charge is 2.37. The predicted molar refractivity (Wildman–Crippen MR) is 79.2 cm³/mol. The van der Waals surface area contributed by atoms with Gasteiger partial charge in [0.2, 0.25) is 10.0 Å². The van der Waals surface area contributed by atoms with Crippen molar-refractivity contribution in [3.05, 3.63) is 28.2 Å². The molecule has 2 N–H and O–H groups in total. The van der Waals surface area contributed by atoms with Gasteiger partial charge in [0, 0.05) is 24.1 Å². The largest absolute Gasteiger partial charge is 0.326 e. The zero-order valence-corrected chi connectivity index (χ0v) is 13.6. The lowest BCUT2D eigenvalue weighted by molar-refractivity contribution is 0.375. The van der Waals surface area contributed by atoms with E-state index in [1.165, 1.54) is 0 Å². The van der Waals surface area contributed by atoms with Crippen LogP contribution in [0.25, 0.3) is 0 Å². The highest BCUT2D eigenvalue weighted by Crippen LogP contribution is 2.34. The zero-order chi connectivity index (χ0) is 14.3. The second kappa shape index (κ2) is 5.16. The summed E-state index contributed by atoms with van der Waals surface area (Å²) in [5.41, 5.74) is 6.52. The van der Waals surface area contributed by atoms with Crippen molar-refractivity contribution >= 4 is 26.0 Å². The summed E-state index contributed by atoms with van der Waals surface area (Å²) in [6, 6.07) is 5.17. The number of benzene rings is 1. The van der Waals surface area contributed by atoms with Crippen LogP contribution in [0.3, 0.4) is 0 Å².